The van der Waals surface area contributed by atoms with Gasteiger partial charge in [-0.2, -0.15) is 0 Å². The summed E-state index contributed by atoms with van der Waals surface area (Å²) in [4.78, 5) is 12.3. The second-order valence-corrected chi connectivity index (χ2v) is 16.2. The summed E-state index contributed by atoms with van der Waals surface area (Å²) in [7, 11) is -4.26. The first-order valence-corrected chi connectivity index (χ1v) is 18.0. The van der Waals surface area contributed by atoms with E-state index >= 15 is 0 Å². The molecule has 41 heavy (non-hydrogen) atoms. The summed E-state index contributed by atoms with van der Waals surface area (Å²) in [5.74, 6) is 3.74. The van der Waals surface area contributed by atoms with Gasteiger partial charge in [-0.15, -0.1) is 0 Å². The average molecular weight is 589 g/mol. The van der Waals surface area contributed by atoms with Crippen LogP contribution in [-0.4, -0.2) is 20.9 Å². The van der Waals surface area contributed by atoms with Crippen molar-refractivity contribution in [3.05, 3.63) is 24.0 Å². The van der Waals surface area contributed by atoms with Crippen LogP contribution in [0.1, 0.15) is 112 Å². The normalized spacial score (nSPS) is 37.4. The van der Waals surface area contributed by atoms with Crippen molar-refractivity contribution in [3.8, 4) is 0 Å². The number of sulfonamides is 1. The molecule has 4 aliphatic carbocycles. The van der Waals surface area contributed by atoms with Gasteiger partial charge >= 0.3 is 0 Å². The fourth-order valence-electron chi connectivity index (χ4n) is 10.8. The summed E-state index contributed by atoms with van der Waals surface area (Å²) in [6.07, 6.45) is 14.3. The lowest BCUT2D eigenvalue weighted by atomic mass is 9.42. The maximum absolute atomic E-state index is 14.5. The van der Waals surface area contributed by atoms with Crippen LogP contribution in [0.25, 0.3) is 0 Å². The number of anilines is 1. The molecule has 1 amide bonds. The van der Waals surface area contributed by atoms with E-state index in [-0.39, 0.29) is 6.42 Å². The fraction of sp³-hybridized carbons (Fsp3) is 0.794. The van der Waals surface area contributed by atoms with E-state index in [1.54, 1.807) is 0 Å². The number of fused-ring (bicyclic) bond motifs is 5. The van der Waals surface area contributed by atoms with E-state index in [4.69, 9.17) is 0 Å². The largest absolute Gasteiger partial charge is 0.385 e. The van der Waals surface area contributed by atoms with Crippen LogP contribution in [-0.2, 0) is 14.8 Å². The summed E-state index contributed by atoms with van der Waals surface area (Å²) < 4.78 is 42.3. The molecule has 0 saturated heterocycles. The topological polar surface area (TPSA) is 75.3 Å². The first-order chi connectivity index (χ1) is 19.4. The van der Waals surface area contributed by atoms with Gasteiger partial charge < -0.3 is 5.32 Å². The summed E-state index contributed by atoms with van der Waals surface area (Å²) >= 11 is 0. The number of rotatable bonds is 9. The van der Waals surface area contributed by atoms with Gasteiger partial charge in [-0.1, -0.05) is 47.0 Å². The van der Waals surface area contributed by atoms with Crippen LogP contribution >= 0.6 is 0 Å². The molecule has 4 fully saturated rings. The Labute approximate surface area is 248 Å². The highest BCUT2D eigenvalue weighted by Crippen LogP contribution is 2.69. The number of nitrogens with one attached hydrogen (secondary N) is 2. The predicted octanol–water partition coefficient (Wildman–Crippen LogP) is 8.16. The maximum Gasteiger partial charge on any atom is 0.266 e. The number of halogens is 1. The summed E-state index contributed by atoms with van der Waals surface area (Å²) in [5.41, 5.74) is 1.33. The molecule has 5 rings (SSSR count). The molecule has 0 aliphatic heterocycles. The zero-order chi connectivity index (χ0) is 29.6. The van der Waals surface area contributed by atoms with Crippen LogP contribution in [0.15, 0.2) is 23.1 Å². The zero-order valence-electron chi connectivity index (χ0n) is 26.0. The Morgan fingerprint density at radius 1 is 1.02 bits per heavy atom. The van der Waals surface area contributed by atoms with E-state index in [0.29, 0.717) is 41.3 Å². The third-order valence-corrected chi connectivity index (χ3v) is 14.1. The van der Waals surface area contributed by atoms with E-state index < -0.39 is 26.6 Å². The van der Waals surface area contributed by atoms with Crippen LogP contribution < -0.4 is 10.0 Å². The molecule has 0 bridgehead atoms. The van der Waals surface area contributed by atoms with Gasteiger partial charge in [0.2, 0.25) is 5.91 Å². The molecule has 3 unspecified atom stereocenters. The molecule has 7 heteroatoms. The van der Waals surface area contributed by atoms with Crippen molar-refractivity contribution < 1.29 is 17.6 Å². The van der Waals surface area contributed by atoms with E-state index in [9.17, 15) is 17.6 Å². The summed E-state index contributed by atoms with van der Waals surface area (Å²) in [6.45, 7) is 12.4. The number of carbonyl (C=O) groups excluding carboxylic acids is 1. The maximum atomic E-state index is 14.5. The van der Waals surface area contributed by atoms with Crippen LogP contribution in [0.3, 0.4) is 0 Å². The molecule has 9 atom stereocenters. The second-order valence-electron chi connectivity index (χ2n) is 14.6. The van der Waals surface area contributed by atoms with Crippen molar-refractivity contribution in [2.24, 2.45) is 52.3 Å². The minimum Gasteiger partial charge on any atom is -0.385 e. The van der Waals surface area contributed by atoms with Crippen molar-refractivity contribution in [3.63, 3.8) is 0 Å². The molecule has 0 heterocycles. The highest BCUT2D eigenvalue weighted by molar-refractivity contribution is 7.90. The van der Waals surface area contributed by atoms with Crippen LogP contribution in [0.2, 0.25) is 0 Å². The Hall–Kier alpha value is -1.63. The fourth-order valence-corrected chi connectivity index (χ4v) is 11.9. The first kappa shape index (κ1) is 30.8. The van der Waals surface area contributed by atoms with Crippen LogP contribution in [0, 0.1) is 58.1 Å². The summed E-state index contributed by atoms with van der Waals surface area (Å²) in [5, 5.41) is 2.96. The van der Waals surface area contributed by atoms with Crippen LogP contribution in [0.4, 0.5) is 10.1 Å². The number of benzene rings is 1. The molecule has 4 saturated carbocycles. The van der Waals surface area contributed by atoms with Crippen molar-refractivity contribution in [2.45, 2.75) is 117 Å². The van der Waals surface area contributed by atoms with Crippen molar-refractivity contribution in [2.75, 3.05) is 11.9 Å². The van der Waals surface area contributed by atoms with E-state index in [1.807, 2.05) is 6.92 Å². The average Bonchev–Trinajstić information content (AvgIpc) is 3.28. The quantitative estimate of drug-likeness (QED) is 0.305. The molecule has 230 valence electrons. The lowest BCUT2D eigenvalue weighted by Crippen LogP contribution is -2.55. The van der Waals surface area contributed by atoms with Gasteiger partial charge in [0.25, 0.3) is 10.0 Å². The Bertz CT molecular complexity index is 1220. The second kappa shape index (κ2) is 11.8. The zero-order valence-corrected chi connectivity index (χ0v) is 26.8. The van der Waals surface area contributed by atoms with Crippen molar-refractivity contribution >= 4 is 21.6 Å². The van der Waals surface area contributed by atoms with Crippen molar-refractivity contribution in [1.29, 1.82) is 0 Å². The van der Waals surface area contributed by atoms with Gasteiger partial charge in [0.15, 0.2) is 0 Å². The van der Waals surface area contributed by atoms with E-state index in [0.717, 1.165) is 35.7 Å². The van der Waals surface area contributed by atoms with Gasteiger partial charge in [0.1, 0.15) is 10.7 Å². The summed E-state index contributed by atoms with van der Waals surface area (Å²) in [6, 6.07) is 3.88. The molecular weight excluding hydrogens is 535 g/mol. The number of carbonyl (C=O) groups is 1. The molecular formula is C34H53FN2O3S. The molecule has 4 aliphatic rings. The number of amides is 1. The molecule has 0 spiro atoms. The predicted molar refractivity (Wildman–Crippen MR) is 163 cm³/mol. The number of hydrogen-bond donors (Lipinski definition) is 2. The highest BCUT2D eigenvalue weighted by atomic mass is 32.2. The number of hydrogen-bond acceptors (Lipinski definition) is 4. The highest BCUT2D eigenvalue weighted by Gasteiger charge is 2.61. The monoisotopic (exact) mass is 588 g/mol. The van der Waals surface area contributed by atoms with Gasteiger partial charge in [-0.05, 0) is 129 Å². The minimum atomic E-state index is -4.26. The lowest BCUT2D eigenvalue weighted by Gasteiger charge is -2.63. The molecule has 0 aromatic heterocycles. The molecule has 1 aromatic carbocycles. The van der Waals surface area contributed by atoms with Gasteiger partial charge in [-0.25, -0.2) is 17.5 Å². The SMILES string of the molecule is CCNc1ccc(S(=O)(=O)NC(=O)CC[C@@H](C)[C@H]2CCC3C4C[C@H](CC)[C@@H]5CCCC[C@]5(C)C4CC[C@@]32C)c(F)c1. The third kappa shape index (κ3) is 5.58. The Morgan fingerprint density at radius 2 is 1.78 bits per heavy atom. The van der Waals surface area contributed by atoms with E-state index in [2.05, 4.69) is 37.7 Å². The smallest absolute Gasteiger partial charge is 0.266 e. The van der Waals surface area contributed by atoms with Gasteiger partial charge in [-0.3, -0.25) is 4.79 Å². The Morgan fingerprint density at radius 3 is 2.49 bits per heavy atom. The van der Waals surface area contributed by atoms with Crippen LogP contribution in [0.5, 0.6) is 0 Å². The first-order valence-electron chi connectivity index (χ1n) is 16.5. The third-order valence-electron chi connectivity index (χ3n) is 12.7. The standard InChI is InChI=1S/C34H53FN2O3S/c1-6-23-20-25-28-14-13-26(34(28,5)19-17-29(25)33(4)18-9-8-10-27(23)33)22(3)11-16-32(38)37-41(39,40)31-15-12-24(36-7-2)21-30(31)35/h12,15,21-23,25-29,36H,6-11,13-14,16-20H2,1-5H3,(H,37,38)/t22-,23+,25?,26-,27+,28?,29?,33+,34-/m1/s1. The minimum absolute atomic E-state index is 0.137. The molecule has 2 N–H and O–H groups in total. The van der Waals surface area contributed by atoms with E-state index in [1.165, 1.54) is 76.3 Å². The Kier molecular flexibility index (Phi) is 8.87. The van der Waals surface area contributed by atoms with Crippen molar-refractivity contribution in [1.82, 2.24) is 4.72 Å². The van der Waals surface area contributed by atoms with Gasteiger partial charge in [0, 0.05) is 18.7 Å². The Balaban J connectivity index is 1.22. The lowest BCUT2D eigenvalue weighted by molar-refractivity contribution is -0.138. The molecule has 0 radical (unpaired) electrons. The van der Waals surface area contributed by atoms with Gasteiger partial charge in [0.05, 0.1) is 0 Å². The molecule has 5 nitrogen and oxygen atoms in total. The molecule has 1 aromatic rings.